The number of carbonyl (C=O) groups excluding carboxylic acids is 3. The van der Waals surface area contributed by atoms with E-state index in [1.807, 2.05) is 6.92 Å². The van der Waals surface area contributed by atoms with Crippen LogP contribution in [0.4, 0.5) is 4.79 Å². The highest BCUT2D eigenvalue weighted by Gasteiger charge is 2.32. The molecule has 7 heteroatoms. The summed E-state index contributed by atoms with van der Waals surface area (Å²) in [5, 5.41) is 4.89. The van der Waals surface area contributed by atoms with E-state index >= 15 is 0 Å². The average molecular weight is 299 g/mol. The van der Waals surface area contributed by atoms with Crippen LogP contribution < -0.4 is 10.6 Å². The maximum absolute atomic E-state index is 11.8. The van der Waals surface area contributed by atoms with Crippen molar-refractivity contribution in [1.82, 2.24) is 15.5 Å². The summed E-state index contributed by atoms with van der Waals surface area (Å²) in [5.41, 5.74) is 0. The fourth-order valence-corrected chi connectivity index (χ4v) is 1.90. The molecule has 0 aromatic rings. The Morgan fingerprint density at radius 2 is 1.90 bits per heavy atom. The number of amides is 3. The number of unbranched alkanes of at least 4 members (excludes halogenated alkanes) is 1. The number of hydrogen-bond donors (Lipinski definition) is 2. The number of urea groups is 1. The van der Waals surface area contributed by atoms with Crippen LogP contribution in [-0.4, -0.2) is 55.1 Å². The molecule has 1 aliphatic carbocycles. The van der Waals surface area contributed by atoms with Crippen molar-refractivity contribution in [2.45, 2.75) is 45.6 Å². The Kier molecular flexibility index (Phi) is 7.74. The van der Waals surface area contributed by atoms with Crippen LogP contribution in [0.3, 0.4) is 0 Å². The molecule has 1 saturated carbocycles. The van der Waals surface area contributed by atoms with Crippen molar-refractivity contribution >= 4 is 17.9 Å². The molecule has 1 fully saturated rings. The number of nitrogens with zero attached hydrogens (tertiary/aromatic N) is 1. The highest BCUT2D eigenvalue weighted by molar-refractivity contribution is 5.95. The molecule has 0 unspecified atom stereocenters. The summed E-state index contributed by atoms with van der Waals surface area (Å²) in [6.07, 6.45) is 3.78. The van der Waals surface area contributed by atoms with Crippen LogP contribution in [0.2, 0.25) is 0 Å². The van der Waals surface area contributed by atoms with Gasteiger partial charge in [-0.3, -0.25) is 19.8 Å². The topological polar surface area (TPSA) is 87.7 Å². The number of carbonyl (C=O) groups is 3. The first-order chi connectivity index (χ1) is 10.1. The van der Waals surface area contributed by atoms with Crippen LogP contribution in [0.5, 0.6) is 0 Å². The number of nitrogens with one attached hydrogen (secondary N) is 2. The molecule has 0 aliphatic heterocycles. The van der Waals surface area contributed by atoms with E-state index < -0.39 is 11.9 Å². The predicted molar refractivity (Wildman–Crippen MR) is 77.7 cm³/mol. The molecule has 0 radical (unpaired) electrons. The molecule has 120 valence electrons. The first-order valence-corrected chi connectivity index (χ1v) is 7.54. The Morgan fingerprint density at radius 1 is 1.19 bits per heavy atom. The largest absolute Gasteiger partial charge is 0.465 e. The van der Waals surface area contributed by atoms with Gasteiger partial charge in [0.2, 0.25) is 5.91 Å². The molecule has 0 aromatic carbocycles. The molecule has 21 heavy (non-hydrogen) atoms. The van der Waals surface area contributed by atoms with E-state index in [0.29, 0.717) is 13.2 Å². The molecule has 0 saturated heterocycles. The van der Waals surface area contributed by atoms with E-state index in [-0.39, 0.29) is 25.1 Å². The lowest BCUT2D eigenvalue weighted by atomic mass is 10.3. The zero-order valence-corrected chi connectivity index (χ0v) is 12.8. The number of hydrogen-bond acceptors (Lipinski definition) is 5. The van der Waals surface area contributed by atoms with Gasteiger partial charge in [0.25, 0.3) is 0 Å². The van der Waals surface area contributed by atoms with Crippen molar-refractivity contribution in [1.29, 1.82) is 0 Å². The first kappa shape index (κ1) is 17.4. The minimum Gasteiger partial charge on any atom is -0.465 e. The SMILES string of the molecule is CCCCNC(=O)NC(=O)CN(CC(=O)OCC)C1CC1. The third kappa shape index (κ3) is 7.65. The third-order valence-electron chi connectivity index (χ3n) is 3.12. The molecule has 2 N–H and O–H groups in total. The Morgan fingerprint density at radius 3 is 2.48 bits per heavy atom. The molecule has 0 bridgehead atoms. The van der Waals surface area contributed by atoms with Crippen molar-refractivity contribution in [2.24, 2.45) is 0 Å². The van der Waals surface area contributed by atoms with Crippen molar-refractivity contribution in [3.8, 4) is 0 Å². The number of imide groups is 1. The second-order valence-corrected chi connectivity index (χ2v) is 5.10. The Labute approximate surface area is 125 Å². The Hall–Kier alpha value is -1.63. The summed E-state index contributed by atoms with van der Waals surface area (Å²) in [7, 11) is 0. The lowest BCUT2D eigenvalue weighted by Crippen LogP contribution is -2.46. The third-order valence-corrected chi connectivity index (χ3v) is 3.12. The van der Waals surface area contributed by atoms with Gasteiger partial charge in [-0.1, -0.05) is 13.3 Å². The maximum atomic E-state index is 11.8. The lowest BCUT2D eigenvalue weighted by molar-refractivity contribution is -0.144. The van der Waals surface area contributed by atoms with Crippen molar-refractivity contribution in [2.75, 3.05) is 26.2 Å². The molecule has 0 atom stereocenters. The number of esters is 1. The molecule has 1 rings (SSSR count). The van der Waals surface area contributed by atoms with Gasteiger partial charge in [0.15, 0.2) is 0 Å². The van der Waals surface area contributed by atoms with Gasteiger partial charge in [0.1, 0.15) is 0 Å². The zero-order valence-electron chi connectivity index (χ0n) is 12.8. The fourth-order valence-electron chi connectivity index (χ4n) is 1.90. The van der Waals surface area contributed by atoms with Crippen molar-refractivity contribution in [3.05, 3.63) is 0 Å². The van der Waals surface area contributed by atoms with Crippen LogP contribution in [0.15, 0.2) is 0 Å². The molecule has 7 nitrogen and oxygen atoms in total. The van der Waals surface area contributed by atoms with Crippen LogP contribution in [0, 0.1) is 0 Å². The van der Waals surface area contributed by atoms with Gasteiger partial charge < -0.3 is 10.1 Å². The van der Waals surface area contributed by atoms with Crippen LogP contribution in [0.1, 0.15) is 39.5 Å². The molecule has 1 aliphatic rings. The summed E-state index contributed by atoms with van der Waals surface area (Å²) >= 11 is 0. The van der Waals surface area contributed by atoms with Crippen LogP contribution >= 0.6 is 0 Å². The van der Waals surface area contributed by atoms with E-state index in [9.17, 15) is 14.4 Å². The number of ether oxygens (including phenoxy) is 1. The summed E-state index contributed by atoms with van der Waals surface area (Å²) in [5.74, 6) is -0.746. The zero-order chi connectivity index (χ0) is 15.7. The van der Waals surface area contributed by atoms with Crippen LogP contribution in [0.25, 0.3) is 0 Å². The minimum atomic E-state index is -0.486. The highest BCUT2D eigenvalue weighted by Crippen LogP contribution is 2.26. The molecular formula is C14H25N3O4. The quantitative estimate of drug-likeness (QED) is 0.482. The highest BCUT2D eigenvalue weighted by atomic mass is 16.5. The van der Waals surface area contributed by atoms with Crippen molar-refractivity contribution in [3.63, 3.8) is 0 Å². The second kappa shape index (κ2) is 9.33. The summed E-state index contributed by atoms with van der Waals surface area (Å²) < 4.78 is 4.89. The Balaban J connectivity index is 2.31. The monoisotopic (exact) mass is 299 g/mol. The standard InChI is InChI=1S/C14H25N3O4/c1-3-5-8-15-14(20)16-12(18)9-17(11-6-7-11)10-13(19)21-4-2/h11H,3-10H2,1-2H3,(H2,15,16,18,20). The van der Waals surface area contributed by atoms with Gasteiger partial charge in [0, 0.05) is 12.6 Å². The normalized spacial score (nSPS) is 13.9. The van der Waals surface area contributed by atoms with Gasteiger partial charge in [0.05, 0.1) is 19.7 Å². The molecule has 0 spiro atoms. The summed E-state index contributed by atoms with van der Waals surface area (Å²) in [4.78, 5) is 36.5. The summed E-state index contributed by atoms with van der Waals surface area (Å²) in [6, 6.07) is -0.247. The smallest absolute Gasteiger partial charge is 0.321 e. The van der Waals surface area contributed by atoms with E-state index in [1.165, 1.54) is 0 Å². The van der Waals surface area contributed by atoms with Gasteiger partial charge in [-0.25, -0.2) is 4.79 Å². The molecule has 0 aromatic heterocycles. The van der Waals surface area contributed by atoms with E-state index in [2.05, 4.69) is 10.6 Å². The van der Waals surface area contributed by atoms with Gasteiger partial charge >= 0.3 is 12.0 Å². The van der Waals surface area contributed by atoms with Gasteiger partial charge in [-0.05, 0) is 26.2 Å². The van der Waals surface area contributed by atoms with Gasteiger partial charge in [-0.15, -0.1) is 0 Å². The van der Waals surface area contributed by atoms with Crippen molar-refractivity contribution < 1.29 is 19.1 Å². The summed E-state index contributed by atoms with van der Waals surface area (Å²) in [6.45, 7) is 4.75. The molecule has 0 heterocycles. The maximum Gasteiger partial charge on any atom is 0.321 e. The Bertz CT molecular complexity index is 369. The van der Waals surface area contributed by atoms with E-state index in [4.69, 9.17) is 4.74 Å². The van der Waals surface area contributed by atoms with Crippen LogP contribution in [-0.2, 0) is 14.3 Å². The van der Waals surface area contributed by atoms with Gasteiger partial charge in [-0.2, -0.15) is 0 Å². The van der Waals surface area contributed by atoms with E-state index in [1.54, 1.807) is 11.8 Å². The fraction of sp³-hybridized carbons (Fsp3) is 0.786. The molecular weight excluding hydrogens is 274 g/mol. The lowest BCUT2D eigenvalue weighted by Gasteiger charge is -2.19. The van der Waals surface area contributed by atoms with E-state index in [0.717, 1.165) is 25.7 Å². The first-order valence-electron chi connectivity index (χ1n) is 7.54. The predicted octanol–water partition coefficient (Wildman–Crippen LogP) is 0.640. The molecule has 3 amide bonds. The number of rotatable bonds is 9. The minimum absolute atomic E-state index is 0.0324. The average Bonchev–Trinajstić information content (AvgIpc) is 3.22. The second-order valence-electron chi connectivity index (χ2n) is 5.10.